The summed E-state index contributed by atoms with van der Waals surface area (Å²) in [6, 6.07) is 25.4. The predicted molar refractivity (Wildman–Crippen MR) is 134 cm³/mol. The van der Waals surface area contributed by atoms with Crippen molar-refractivity contribution in [3.05, 3.63) is 107 Å². The molecule has 0 fully saturated rings. The van der Waals surface area contributed by atoms with E-state index >= 15 is 0 Å². The highest BCUT2D eigenvalue weighted by Gasteiger charge is 2.29. The van der Waals surface area contributed by atoms with Gasteiger partial charge in [0, 0.05) is 31.0 Å². The molecule has 3 aromatic carbocycles. The number of carbonyl (C=O) groups is 2. The third-order valence-corrected chi connectivity index (χ3v) is 5.93. The van der Waals surface area contributed by atoms with Gasteiger partial charge >= 0.3 is 0 Å². The second-order valence-corrected chi connectivity index (χ2v) is 9.01. The van der Waals surface area contributed by atoms with Gasteiger partial charge < -0.3 is 10.2 Å². The van der Waals surface area contributed by atoms with Gasteiger partial charge in [-0.05, 0) is 30.0 Å². The van der Waals surface area contributed by atoms with Crippen LogP contribution in [0.1, 0.15) is 49.8 Å². The second-order valence-electron chi connectivity index (χ2n) is 9.01. The topological polar surface area (TPSA) is 49.4 Å². The van der Waals surface area contributed by atoms with Crippen molar-refractivity contribution in [2.45, 2.75) is 45.7 Å². The molecular formula is C29H33FN2O2. The Morgan fingerprint density at radius 3 is 1.88 bits per heavy atom. The molecule has 0 heterocycles. The maximum atomic E-state index is 14.5. The largest absolute Gasteiger partial charge is 0.354 e. The van der Waals surface area contributed by atoms with E-state index < -0.39 is 11.9 Å². The molecule has 178 valence electrons. The van der Waals surface area contributed by atoms with Gasteiger partial charge in [-0.25, -0.2) is 4.39 Å². The maximum Gasteiger partial charge on any atom is 0.242 e. The molecule has 0 saturated heterocycles. The van der Waals surface area contributed by atoms with Gasteiger partial charge in [-0.2, -0.15) is 0 Å². The number of rotatable bonds is 10. The lowest BCUT2D eigenvalue weighted by atomic mass is 9.88. The first-order valence-corrected chi connectivity index (χ1v) is 11.8. The van der Waals surface area contributed by atoms with Gasteiger partial charge in [-0.3, -0.25) is 9.59 Å². The number of amides is 2. The number of nitrogens with zero attached hydrogens (tertiary/aromatic N) is 1. The average molecular weight is 461 g/mol. The normalized spacial score (nSPS) is 11.9. The Kier molecular flexibility index (Phi) is 8.97. The third-order valence-electron chi connectivity index (χ3n) is 5.93. The minimum absolute atomic E-state index is 0.0259. The van der Waals surface area contributed by atoms with Crippen LogP contribution < -0.4 is 5.32 Å². The summed E-state index contributed by atoms with van der Waals surface area (Å²) in [4.78, 5) is 28.1. The molecule has 2 amide bonds. The summed E-state index contributed by atoms with van der Waals surface area (Å²) < 4.78 is 14.5. The lowest BCUT2D eigenvalue weighted by Gasteiger charge is -2.31. The van der Waals surface area contributed by atoms with Crippen molar-refractivity contribution in [2.75, 3.05) is 6.54 Å². The lowest BCUT2D eigenvalue weighted by molar-refractivity contribution is -0.140. The van der Waals surface area contributed by atoms with Crippen molar-refractivity contribution >= 4 is 11.8 Å². The van der Waals surface area contributed by atoms with E-state index in [9.17, 15) is 14.0 Å². The molecule has 0 aliphatic rings. The Bertz CT molecular complexity index is 1030. The van der Waals surface area contributed by atoms with Gasteiger partial charge in [0.1, 0.15) is 11.9 Å². The van der Waals surface area contributed by atoms with Crippen molar-refractivity contribution in [2.24, 2.45) is 5.92 Å². The molecule has 0 aliphatic heterocycles. The summed E-state index contributed by atoms with van der Waals surface area (Å²) in [5.41, 5.74) is 2.42. The second kappa shape index (κ2) is 12.1. The first kappa shape index (κ1) is 25.2. The molecule has 0 radical (unpaired) electrons. The van der Waals surface area contributed by atoms with Crippen LogP contribution in [0.15, 0.2) is 84.9 Å². The number of hydrogen-bond donors (Lipinski definition) is 1. The van der Waals surface area contributed by atoms with Crippen LogP contribution in [0.25, 0.3) is 0 Å². The fourth-order valence-corrected chi connectivity index (χ4v) is 3.94. The van der Waals surface area contributed by atoms with Crippen LogP contribution in [-0.2, 0) is 16.1 Å². The zero-order valence-corrected chi connectivity index (χ0v) is 20.1. The van der Waals surface area contributed by atoms with Crippen LogP contribution >= 0.6 is 0 Å². The van der Waals surface area contributed by atoms with E-state index in [2.05, 4.69) is 5.32 Å². The van der Waals surface area contributed by atoms with Crippen molar-refractivity contribution < 1.29 is 14.0 Å². The fourth-order valence-electron chi connectivity index (χ4n) is 3.94. The van der Waals surface area contributed by atoms with Crippen LogP contribution in [0.3, 0.4) is 0 Å². The van der Waals surface area contributed by atoms with E-state index in [1.807, 2.05) is 74.5 Å². The molecule has 3 aromatic rings. The quantitative estimate of drug-likeness (QED) is 0.432. The van der Waals surface area contributed by atoms with E-state index in [0.29, 0.717) is 12.1 Å². The zero-order valence-electron chi connectivity index (χ0n) is 20.1. The van der Waals surface area contributed by atoms with Crippen molar-refractivity contribution in [1.82, 2.24) is 10.2 Å². The lowest BCUT2D eigenvalue weighted by Crippen LogP contribution is -2.48. The molecular weight excluding hydrogens is 427 g/mol. The van der Waals surface area contributed by atoms with Crippen LogP contribution in [0.5, 0.6) is 0 Å². The smallest absolute Gasteiger partial charge is 0.242 e. The number of halogens is 1. The first-order valence-electron chi connectivity index (χ1n) is 11.8. The highest BCUT2D eigenvalue weighted by Crippen LogP contribution is 2.29. The molecule has 0 aliphatic carbocycles. The molecule has 1 N–H and O–H groups in total. The summed E-state index contributed by atoms with van der Waals surface area (Å²) in [6.07, 6.45) is 0.171. The highest BCUT2D eigenvalue weighted by molar-refractivity contribution is 5.87. The van der Waals surface area contributed by atoms with E-state index in [1.165, 1.54) is 11.0 Å². The van der Waals surface area contributed by atoms with E-state index in [4.69, 9.17) is 0 Å². The Balaban J connectivity index is 1.90. The van der Waals surface area contributed by atoms with Crippen LogP contribution in [-0.4, -0.2) is 29.3 Å². The maximum absolute atomic E-state index is 14.5. The molecule has 1 atom stereocenters. The summed E-state index contributed by atoms with van der Waals surface area (Å²) in [7, 11) is 0. The van der Waals surface area contributed by atoms with Crippen molar-refractivity contribution in [3.8, 4) is 0 Å². The molecule has 0 unspecified atom stereocenters. The first-order chi connectivity index (χ1) is 16.4. The summed E-state index contributed by atoms with van der Waals surface area (Å²) in [5, 5.41) is 2.91. The third kappa shape index (κ3) is 6.77. The molecule has 0 spiro atoms. The summed E-state index contributed by atoms with van der Waals surface area (Å²) in [5.74, 6) is -0.725. The zero-order chi connectivity index (χ0) is 24.5. The average Bonchev–Trinajstić information content (AvgIpc) is 2.85. The SMILES string of the molecule is CC(C)CNC(=O)[C@@H](C)N(Cc1ccccc1F)C(=O)CC(c1ccccc1)c1ccccc1. The molecule has 0 bridgehead atoms. The molecule has 4 nitrogen and oxygen atoms in total. The minimum Gasteiger partial charge on any atom is -0.354 e. The summed E-state index contributed by atoms with van der Waals surface area (Å²) in [6.45, 7) is 6.27. The molecule has 34 heavy (non-hydrogen) atoms. The Morgan fingerprint density at radius 1 is 0.824 bits per heavy atom. The van der Waals surface area contributed by atoms with Crippen LogP contribution in [0.2, 0.25) is 0 Å². The number of carbonyl (C=O) groups excluding carboxylic acids is 2. The number of hydrogen-bond acceptors (Lipinski definition) is 2. The Labute approximate surface area is 201 Å². The monoisotopic (exact) mass is 460 g/mol. The predicted octanol–water partition coefficient (Wildman–Crippen LogP) is 5.54. The van der Waals surface area contributed by atoms with Gasteiger partial charge in [0.25, 0.3) is 0 Å². The number of nitrogens with one attached hydrogen (secondary N) is 1. The van der Waals surface area contributed by atoms with E-state index in [1.54, 1.807) is 25.1 Å². The van der Waals surface area contributed by atoms with Gasteiger partial charge in [-0.1, -0.05) is 92.7 Å². The summed E-state index contributed by atoms with van der Waals surface area (Å²) >= 11 is 0. The standard InChI is InChI=1S/C29H33FN2O2/c1-21(2)19-31-29(34)22(3)32(20-25-16-10-11-17-27(25)30)28(33)18-26(23-12-6-4-7-13-23)24-14-8-5-9-15-24/h4-17,21-22,26H,18-20H2,1-3H3,(H,31,34)/t22-/m1/s1. The van der Waals surface area contributed by atoms with Gasteiger partial charge in [0.05, 0.1) is 0 Å². The molecule has 0 saturated carbocycles. The van der Waals surface area contributed by atoms with Gasteiger partial charge in [0.15, 0.2) is 0 Å². The van der Waals surface area contributed by atoms with E-state index in [0.717, 1.165) is 11.1 Å². The molecule has 5 heteroatoms. The van der Waals surface area contributed by atoms with Crippen molar-refractivity contribution in [3.63, 3.8) is 0 Å². The van der Waals surface area contributed by atoms with Crippen molar-refractivity contribution in [1.29, 1.82) is 0 Å². The van der Waals surface area contributed by atoms with E-state index in [-0.39, 0.29) is 36.6 Å². The van der Waals surface area contributed by atoms with Gasteiger partial charge in [0.2, 0.25) is 11.8 Å². The number of benzene rings is 3. The molecule has 3 rings (SSSR count). The minimum atomic E-state index is -0.738. The Morgan fingerprint density at radius 2 is 1.35 bits per heavy atom. The van der Waals surface area contributed by atoms with Gasteiger partial charge in [-0.15, -0.1) is 0 Å². The van der Waals surface area contributed by atoms with Crippen LogP contribution in [0.4, 0.5) is 4.39 Å². The molecule has 0 aromatic heterocycles. The fraction of sp³-hybridized carbons (Fsp3) is 0.310. The highest BCUT2D eigenvalue weighted by atomic mass is 19.1. The van der Waals surface area contributed by atoms with Crippen LogP contribution in [0, 0.1) is 11.7 Å². The Hall–Kier alpha value is -3.47.